The van der Waals surface area contributed by atoms with Crippen LogP contribution in [0.3, 0.4) is 0 Å². The van der Waals surface area contributed by atoms with E-state index in [0.717, 1.165) is 13.0 Å². The van der Waals surface area contributed by atoms with Crippen molar-refractivity contribution < 1.29 is 9.13 Å². The van der Waals surface area contributed by atoms with Crippen molar-refractivity contribution in [3.05, 3.63) is 12.0 Å². The highest BCUT2D eigenvalue weighted by Crippen LogP contribution is 2.11. The molecule has 5 nitrogen and oxygen atoms in total. The molecule has 2 N–H and O–H groups in total. The van der Waals surface area contributed by atoms with Gasteiger partial charge in [0.1, 0.15) is 0 Å². The number of halogens is 1. The number of hydrogen-bond donors (Lipinski definition) is 2. The third kappa shape index (κ3) is 6.33. The van der Waals surface area contributed by atoms with Gasteiger partial charge in [-0.15, -0.1) is 0 Å². The first-order valence-electron chi connectivity index (χ1n) is 6.71. The normalized spacial score (nSPS) is 10.8. The van der Waals surface area contributed by atoms with Crippen LogP contribution >= 0.6 is 0 Å². The van der Waals surface area contributed by atoms with Gasteiger partial charge in [-0.3, -0.25) is 0 Å². The summed E-state index contributed by atoms with van der Waals surface area (Å²) in [6, 6.07) is 0. The predicted octanol–water partition coefficient (Wildman–Crippen LogP) is 2.52. The molecule has 0 bridgehead atoms. The molecule has 0 unspecified atom stereocenters. The zero-order valence-corrected chi connectivity index (χ0v) is 11.9. The van der Waals surface area contributed by atoms with E-state index in [1.807, 2.05) is 6.92 Å². The molecule has 0 aliphatic rings. The molecule has 19 heavy (non-hydrogen) atoms. The minimum Gasteiger partial charge on any atom is -0.379 e. The molecular formula is C13H23FN4O. The van der Waals surface area contributed by atoms with Crippen LogP contribution < -0.4 is 10.6 Å². The SMILES string of the molecule is CCCNc1ncc(F)c(NCCOCC(C)C)n1. The van der Waals surface area contributed by atoms with Crippen molar-refractivity contribution in [3.8, 4) is 0 Å². The molecule has 1 rings (SSSR count). The number of nitrogens with zero attached hydrogens (tertiary/aromatic N) is 2. The molecule has 6 heteroatoms. The highest BCUT2D eigenvalue weighted by molar-refractivity contribution is 5.40. The number of hydrogen-bond acceptors (Lipinski definition) is 5. The molecule has 108 valence electrons. The third-order valence-electron chi connectivity index (χ3n) is 2.27. The number of nitrogens with one attached hydrogen (secondary N) is 2. The van der Waals surface area contributed by atoms with Gasteiger partial charge in [-0.2, -0.15) is 4.98 Å². The standard InChI is InChI=1S/C13H23FN4O/c1-4-5-16-13-17-8-11(14)12(18-13)15-6-7-19-9-10(2)3/h8,10H,4-7,9H2,1-3H3,(H2,15,16,17,18). The fraction of sp³-hybridized carbons (Fsp3) is 0.692. The molecule has 0 amide bonds. The zero-order valence-electron chi connectivity index (χ0n) is 11.9. The van der Waals surface area contributed by atoms with E-state index in [2.05, 4.69) is 34.4 Å². The number of anilines is 2. The van der Waals surface area contributed by atoms with E-state index >= 15 is 0 Å². The Bertz CT molecular complexity index is 374. The number of aromatic nitrogens is 2. The van der Waals surface area contributed by atoms with Crippen LogP contribution in [0.5, 0.6) is 0 Å². The van der Waals surface area contributed by atoms with Crippen molar-refractivity contribution in [2.45, 2.75) is 27.2 Å². The lowest BCUT2D eigenvalue weighted by atomic mass is 10.2. The molecule has 1 aromatic heterocycles. The van der Waals surface area contributed by atoms with Crippen LogP contribution in [0, 0.1) is 11.7 Å². The molecule has 0 aliphatic carbocycles. The Labute approximate surface area is 114 Å². The Hall–Kier alpha value is -1.43. The number of ether oxygens (including phenoxy) is 1. The van der Waals surface area contributed by atoms with E-state index < -0.39 is 5.82 Å². The van der Waals surface area contributed by atoms with Crippen LogP contribution in [0.25, 0.3) is 0 Å². The van der Waals surface area contributed by atoms with Gasteiger partial charge in [0.2, 0.25) is 5.95 Å². The Morgan fingerprint density at radius 3 is 2.79 bits per heavy atom. The minimum atomic E-state index is -0.453. The van der Waals surface area contributed by atoms with Gasteiger partial charge >= 0.3 is 0 Å². The highest BCUT2D eigenvalue weighted by atomic mass is 19.1. The summed E-state index contributed by atoms with van der Waals surface area (Å²) in [6.07, 6.45) is 2.13. The fourth-order valence-corrected chi connectivity index (χ4v) is 1.37. The monoisotopic (exact) mass is 270 g/mol. The molecule has 1 heterocycles. The molecule has 0 atom stereocenters. The van der Waals surface area contributed by atoms with Crippen molar-refractivity contribution in [3.63, 3.8) is 0 Å². The molecule has 0 fully saturated rings. The second-order valence-corrected chi connectivity index (χ2v) is 4.71. The predicted molar refractivity (Wildman–Crippen MR) is 74.9 cm³/mol. The average Bonchev–Trinajstić information content (AvgIpc) is 2.38. The Kier molecular flexibility index (Phi) is 7.10. The van der Waals surface area contributed by atoms with Crippen molar-refractivity contribution in [2.75, 3.05) is 36.9 Å². The topological polar surface area (TPSA) is 59.1 Å². The molecule has 0 saturated heterocycles. The first-order chi connectivity index (χ1) is 9.13. The molecule has 0 saturated carbocycles. The van der Waals surface area contributed by atoms with Crippen LogP contribution in [0.4, 0.5) is 16.2 Å². The van der Waals surface area contributed by atoms with Gasteiger partial charge in [0, 0.05) is 19.7 Å². The highest BCUT2D eigenvalue weighted by Gasteiger charge is 2.06. The second kappa shape index (κ2) is 8.63. The van der Waals surface area contributed by atoms with Gasteiger partial charge in [-0.05, 0) is 12.3 Å². The Morgan fingerprint density at radius 2 is 2.11 bits per heavy atom. The molecule has 1 aromatic rings. The van der Waals surface area contributed by atoms with Gasteiger partial charge in [0.15, 0.2) is 11.6 Å². The summed E-state index contributed by atoms with van der Waals surface area (Å²) in [5.74, 6) is 0.696. The quantitative estimate of drug-likeness (QED) is 0.675. The maximum Gasteiger partial charge on any atom is 0.224 e. The smallest absolute Gasteiger partial charge is 0.224 e. The van der Waals surface area contributed by atoms with E-state index in [1.54, 1.807) is 0 Å². The van der Waals surface area contributed by atoms with Crippen molar-refractivity contribution in [2.24, 2.45) is 5.92 Å². The van der Waals surface area contributed by atoms with Gasteiger partial charge in [-0.1, -0.05) is 20.8 Å². The van der Waals surface area contributed by atoms with Crippen LogP contribution in [0.15, 0.2) is 6.20 Å². The van der Waals surface area contributed by atoms with Crippen LogP contribution in [0.1, 0.15) is 27.2 Å². The van der Waals surface area contributed by atoms with Gasteiger partial charge in [-0.25, -0.2) is 9.37 Å². The molecule has 0 spiro atoms. The minimum absolute atomic E-state index is 0.210. The van der Waals surface area contributed by atoms with E-state index in [9.17, 15) is 4.39 Å². The fourth-order valence-electron chi connectivity index (χ4n) is 1.37. The van der Waals surface area contributed by atoms with E-state index in [1.165, 1.54) is 6.20 Å². The van der Waals surface area contributed by atoms with Crippen LogP contribution in [-0.2, 0) is 4.74 Å². The summed E-state index contributed by atoms with van der Waals surface area (Å²) in [5, 5.41) is 5.93. The Balaban J connectivity index is 2.39. The lowest BCUT2D eigenvalue weighted by Crippen LogP contribution is -2.15. The lowest BCUT2D eigenvalue weighted by molar-refractivity contribution is 0.118. The first-order valence-corrected chi connectivity index (χ1v) is 6.71. The van der Waals surface area contributed by atoms with Crippen LogP contribution in [-0.4, -0.2) is 36.3 Å². The average molecular weight is 270 g/mol. The maximum absolute atomic E-state index is 13.5. The summed E-state index contributed by atoms with van der Waals surface area (Å²) in [4.78, 5) is 7.95. The van der Waals surface area contributed by atoms with Crippen LogP contribution in [0.2, 0.25) is 0 Å². The van der Waals surface area contributed by atoms with E-state index in [-0.39, 0.29) is 5.82 Å². The molecule has 0 aromatic carbocycles. The summed E-state index contributed by atoms with van der Waals surface area (Å²) in [5.41, 5.74) is 0. The lowest BCUT2D eigenvalue weighted by Gasteiger charge is -2.10. The largest absolute Gasteiger partial charge is 0.379 e. The van der Waals surface area contributed by atoms with Gasteiger partial charge in [0.25, 0.3) is 0 Å². The van der Waals surface area contributed by atoms with E-state index in [4.69, 9.17) is 4.74 Å². The van der Waals surface area contributed by atoms with Gasteiger partial charge < -0.3 is 15.4 Å². The van der Waals surface area contributed by atoms with Crippen molar-refractivity contribution in [1.82, 2.24) is 9.97 Å². The summed E-state index contributed by atoms with van der Waals surface area (Å²) in [7, 11) is 0. The second-order valence-electron chi connectivity index (χ2n) is 4.71. The molecule has 0 aliphatic heterocycles. The Morgan fingerprint density at radius 1 is 1.32 bits per heavy atom. The molecule has 0 radical (unpaired) electrons. The zero-order chi connectivity index (χ0) is 14.1. The van der Waals surface area contributed by atoms with Gasteiger partial charge in [0.05, 0.1) is 12.8 Å². The van der Waals surface area contributed by atoms with Crippen molar-refractivity contribution >= 4 is 11.8 Å². The summed E-state index contributed by atoms with van der Waals surface area (Å²) in [6.45, 7) is 8.74. The van der Waals surface area contributed by atoms with E-state index in [0.29, 0.717) is 31.6 Å². The summed E-state index contributed by atoms with van der Waals surface area (Å²) < 4.78 is 18.9. The maximum atomic E-state index is 13.5. The first kappa shape index (κ1) is 15.6. The van der Waals surface area contributed by atoms with Crippen molar-refractivity contribution in [1.29, 1.82) is 0 Å². The molecular weight excluding hydrogens is 247 g/mol. The third-order valence-corrected chi connectivity index (χ3v) is 2.27. The summed E-state index contributed by atoms with van der Waals surface area (Å²) >= 11 is 0. The number of rotatable bonds is 9.